The predicted octanol–water partition coefficient (Wildman–Crippen LogP) is 2.86. The maximum atomic E-state index is 12.7. The van der Waals surface area contributed by atoms with Gasteiger partial charge in [-0.3, -0.25) is 9.59 Å². The Kier molecular flexibility index (Phi) is 4.19. The van der Waals surface area contributed by atoms with E-state index in [1.54, 1.807) is 0 Å². The molecule has 1 aromatic rings. The Hall–Kier alpha value is -1.84. The first kappa shape index (κ1) is 15.1. The first-order valence-electron chi connectivity index (χ1n) is 8.32. The lowest BCUT2D eigenvalue weighted by molar-refractivity contribution is -0.117. The molecule has 0 saturated carbocycles. The van der Waals surface area contributed by atoms with Gasteiger partial charge >= 0.3 is 0 Å². The minimum absolute atomic E-state index is 0.107. The number of carbonyl (C=O) groups is 2. The summed E-state index contributed by atoms with van der Waals surface area (Å²) >= 11 is 0. The number of amides is 2. The fraction of sp³-hybridized carbons (Fsp3) is 0.556. The van der Waals surface area contributed by atoms with Crippen LogP contribution >= 0.6 is 0 Å². The smallest absolute Gasteiger partial charge is 0.253 e. The average molecular weight is 300 g/mol. The summed E-state index contributed by atoms with van der Waals surface area (Å²) in [5, 5.41) is 0. The van der Waals surface area contributed by atoms with Crippen molar-refractivity contribution in [3.63, 3.8) is 0 Å². The van der Waals surface area contributed by atoms with Crippen LogP contribution in [0.4, 0.5) is 5.69 Å². The first-order chi connectivity index (χ1) is 10.6. The molecule has 4 heteroatoms. The number of fused-ring (bicyclic) bond motifs is 1. The van der Waals surface area contributed by atoms with Gasteiger partial charge < -0.3 is 9.80 Å². The van der Waals surface area contributed by atoms with E-state index in [4.69, 9.17) is 0 Å². The molecule has 118 valence electrons. The van der Waals surface area contributed by atoms with Crippen molar-refractivity contribution in [2.75, 3.05) is 24.5 Å². The Labute approximate surface area is 132 Å². The molecule has 0 bridgehead atoms. The van der Waals surface area contributed by atoms with Gasteiger partial charge in [-0.05, 0) is 48.9 Å². The highest BCUT2D eigenvalue weighted by Crippen LogP contribution is 2.30. The van der Waals surface area contributed by atoms with Gasteiger partial charge in [0, 0.05) is 30.9 Å². The number of carbonyl (C=O) groups excluding carboxylic acids is 2. The molecule has 3 rings (SSSR count). The van der Waals surface area contributed by atoms with E-state index < -0.39 is 0 Å². The maximum Gasteiger partial charge on any atom is 0.253 e. The van der Waals surface area contributed by atoms with Crippen molar-refractivity contribution in [1.29, 1.82) is 0 Å². The van der Waals surface area contributed by atoms with E-state index in [1.807, 2.05) is 28.0 Å². The molecule has 4 nitrogen and oxygen atoms in total. The molecule has 2 aliphatic rings. The van der Waals surface area contributed by atoms with Crippen LogP contribution in [0, 0.1) is 5.92 Å². The van der Waals surface area contributed by atoms with Gasteiger partial charge in [-0.25, -0.2) is 0 Å². The average Bonchev–Trinajstić information content (AvgIpc) is 2.82. The maximum absolute atomic E-state index is 12.7. The van der Waals surface area contributed by atoms with Crippen molar-refractivity contribution in [2.45, 2.75) is 39.5 Å². The van der Waals surface area contributed by atoms with Crippen molar-refractivity contribution in [3.8, 4) is 0 Å². The zero-order valence-corrected chi connectivity index (χ0v) is 13.5. The van der Waals surface area contributed by atoms with Crippen molar-refractivity contribution in [1.82, 2.24) is 4.90 Å². The van der Waals surface area contributed by atoms with Gasteiger partial charge in [0.2, 0.25) is 5.91 Å². The standard InChI is InChI=1S/C18H24N2O2/c1-3-8-20-16-7-6-14(10-15(16)11-17(20)21)18(22)19-9-4-5-13(2)12-19/h6-7,10,13H,3-5,8-9,11-12H2,1-2H3/t13-/m0/s1. The second kappa shape index (κ2) is 6.11. The van der Waals surface area contributed by atoms with E-state index in [-0.39, 0.29) is 11.8 Å². The molecule has 0 aliphatic carbocycles. The zero-order chi connectivity index (χ0) is 15.7. The van der Waals surface area contributed by atoms with Crippen LogP contribution in [0.15, 0.2) is 18.2 Å². The molecule has 22 heavy (non-hydrogen) atoms. The molecule has 0 aromatic heterocycles. The quantitative estimate of drug-likeness (QED) is 0.861. The number of benzene rings is 1. The highest BCUT2D eigenvalue weighted by molar-refractivity contribution is 6.03. The van der Waals surface area contributed by atoms with Crippen LogP contribution in [0.2, 0.25) is 0 Å². The SMILES string of the molecule is CCCN1C(=O)Cc2cc(C(=O)N3CCC[C@H](C)C3)ccc21. The summed E-state index contributed by atoms with van der Waals surface area (Å²) < 4.78 is 0. The summed E-state index contributed by atoms with van der Waals surface area (Å²) in [5.41, 5.74) is 2.70. The van der Waals surface area contributed by atoms with Crippen molar-refractivity contribution in [2.24, 2.45) is 5.92 Å². The lowest BCUT2D eigenvalue weighted by atomic mass is 9.99. The Morgan fingerprint density at radius 3 is 2.91 bits per heavy atom. The Morgan fingerprint density at radius 1 is 1.36 bits per heavy atom. The number of piperidine rings is 1. The molecule has 0 spiro atoms. The fourth-order valence-electron chi connectivity index (χ4n) is 3.54. The molecule has 0 unspecified atom stereocenters. The molecular formula is C18H24N2O2. The Bertz CT molecular complexity index is 597. The van der Waals surface area contributed by atoms with Gasteiger partial charge in [-0.1, -0.05) is 13.8 Å². The highest BCUT2D eigenvalue weighted by Gasteiger charge is 2.28. The molecule has 2 amide bonds. The monoisotopic (exact) mass is 300 g/mol. The van der Waals surface area contributed by atoms with Crippen LogP contribution in [0.3, 0.4) is 0 Å². The van der Waals surface area contributed by atoms with Crippen LogP contribution in [0.1, 0.15) is 49.0 Å². The summed E-state index contributed by atoms with van der Waals surface area (Å²) in [7, 11) is 0. The molecule has 2 heterocycles. The summed E-state index contributed by atoms with van der Waals surface area (Å²) in [4.78, 5) is 28.5. The molecule has 0 N–H and O–H groups in total. The number of likely N-dealkylation sites (tertiary alicyclic amines) is 1. The van der Waals surface area contributed by atoms with E-state index in [0.29, 0.717) is 12.3 Å². The number of rotatable bonds is 3. The summed E-state index contributed by atoms with van der Waals surface area (Å²) in [6, 6.07) is 5.74. The molecular weight excluding hydrogens is 276 g/mol. The number of hydrogen-bond donors (Lipinski definition) is 0. The number of anilines is 1. The molecule has 2 aliphatic heterocycles. The van der Waals surface area contributed by atoms with Crippen LogP contribution < -0.4 is 4.90 Å². The molecule has 1 aromatic carbocycles. The largest absolute Gasteiger partial charge is 0.338 e. The van der Waals surface area contributed by atoms with Gasteiger partial charge in [0.25, 0.3) is 5.91 Å². The van der Waals surface area contributed by atoms with Crippen molar-refractivity contribution in [3.05, 3.63) is 29.3 Å². The van der Waals surface area contributed by atoms with Crippen molar-refractivity contribution >= 4 is 17.5 Å². The van der Waals surface area contributed by atoms with E-state index >= 15 is 0 Å². The molecule has 0 radical (unpaired) electrons. The third-order valence-corrected chi connectivity index (χ3v) is 4.65. The van der Waals surface area contributed by atoms with Gasteiger partial charge in [0.15, 0.2) is 0 Å². The second-order valence-corrected chi connectivity index (χ2v) is 6.56. The van der Waals surface area contributed by atoms with Gasteiger partial charge in [-0.15, -0.1) is 0 Å². The van der Waals surface area contributed by atoms with Crippen LogP contribution in [-0.2, 0) is 11.2 Å². The van der Waals surface area contributed by atoms with E-state index in [1.165, 1.54) is 6.42 Å². The predicted molar refractivity (Wildman–Crippen MR) is 87.1 cm³/mol. The second-order valence-electron chi connectivity index (χ2n) is 6.56. The topological polar surface area (TPSA) is 40.6 Å². The number of hydrogen-bond acceptors (Lipinski definition) is 2. The van der Waals surface area contributed by atoms with Gasteiger partial charge in [0.05, 0.1) is 6.42 Å². The fourth-order valence-corrected chi connectivity index (χ4v) is 3.54. The summed E-state index contributed by atoms with van der Waals surface area (Å²) in [6.45, 7) is 6.71. The minimum Gasteiger partial charge on any atom is -0.338 e. The van der Waals surface area contributed by atoms with Gasteiger partial charge in [-0.2, -0.15) is 0 Å². The summed E-state index contributed by atoms with van der Waals surface area (Å²) in [6.07, 6.45) is 3.65. The van der Waals surface area contributed by atoms with Crippen molar-refractivity contribution < 1.29 is 9.59 Å². The molecule has 1 saturated heterocycles. The first-order valence-corrected chi connectivity index (χ1v) is 8.32. The van der Waals surface area contributed by atoms with Crippen LogP contribution in [-0.4, -0.2) is 36.3 Å². The van der Waals surface area contributed by atoms with E-state index in [0.717, 1.165) is 49.3 Å². The third-order valence-electron chi connectivity index (χ3n) is 4.65. The number of nitrogens with zero attached hydrogens (tertiary/aromatic N) is 2. The Morgan fingerprint density at radius 2 is 2.18 bits per heavy atom. The van der Waals surface area contributed by atoms with Crippen LogP contribution in [0.25, 0.3) is 0 Å². The lowest BCUT2D eigenvalue weighted by Crippen LogP contribution is -2.39. The summed E-state index contributed by atoms with van der Waals surface area (Å²) in [5.74, 6) is 0.831. The van der Waals surface area contributed by atoms with E-state index in [9.17, 15) is 9.59 Å². The third kappa shape index (κ3) is 2.74. The molecule has 1 atom stereocenters. The molecule has 1 fully saturated rings. The zero-order valence-electron chi connectivity index (χ0n) is 13.5. The highest BCUT2D eigenvalue weighted by atomic mass is 16.2. The minimum atomic E-state index is 0.107. The lowest BCUT2D eigenvalue weighted by Gasteiger charge is -2.31. The van der Waals surface area contributed by atoms with Crippen LogP contribution in [0.5, 0.6) is 0 Å². The Balaban J connectivity index is 1.81. The van der Waals surface area contributed by atoms with Gasteiger partial charge in [0.1, 0.15) is 0 Å². The van der Waals surface area contributed by atoms with E-state index in [2.05, 4.69) is 13.8 Å². The normalized spacial score (nSPS) is 21.2.